The Morgan fingerprint density at radius 3 is 1.96 bits per heavy atom. The summed E-state index contributed by atoms with van der Waals surface area (Å²) in [5.74, 6) is 0.417. The molecule has 6 aromatic rings. The number of carbonyl (C=O) groups excluding carboxylic acids is 1. The molecule has 0 aliphatic heterocycles. The normalized spacial score (nSPS) is 11.9. The minimum atomic E-state index is -0.306. The maximum absolute atomic E-state index is 9.60. The molecule has 0 saturated heterocycles. The van der Waals surface area contributed by atoms with Crippen LogP contribution in [-0.2, 0) is 20.1 Å². The van der Waals surface area contributed by atoms with Crippen LogP contribution in [-0.4, -0.2) is 20.7 Å². The van der Waals surface area contributed by atoms with E-state index in [0.717, 1.165) is 33.3 Å². The number of aryl methyl sites for hydroxylation is 2. The average molecular weight is 811 g/mol. The van der Waals surface area contributed by atoms with Crippen molar-refractivity contribution in [3.05, 3.63) is 126 Å². The van der Waals surface area contributed by atoms with Crippen LogP contribution in [0.5, 0.6) is 0 Å². The predicted molar refractivity (Wildman–Crippen MR) is 197 cm³/mol. The molecule has 5 heteroatoms. The summed E-state index contributed by atoms with van der Waals surface area (Å²) in [6.07, 6.45) is 3.35. The van der Waals surface area contributed by atoms with Crippen LogP contribution < -0.4 is 0 Å². The Labute approximate surface area is 297 Å². The molecule has 0 bridgehead atoms. The second-order valence-corrected chi connectivity index (χ2v) is 14.3. The Morgan fingerprint density at radius 1 is 0.750 bits per heavy atom. The Hall–Kier alpha value is -4.62. The summed E-state index contributed by atoms with van der Waals surface area (Å²) >= 11 is 0. The van der Waals surface area contributed by atoms with Gasteiger partial charge >= 0.3 is 5.78 Å². The number of aromatic nitrogens is 1. The van der Waals surface area contributed by atoms with Crippen LogP contribution >= 0.6 is 0 Å². The number of hydrogen-bond acceptors (Lipinski definition) is 3. The first-order valence-electron chi connectivity index (χ1n) is 15.9. The molecule has 0 unspecified atom stereocenters. The molecule has 2 N–H and O–H groups in total. The van der Waals surface area contributed by atoms with Crippen molar-refractivity contribution in [1.82, 2.24) is 4.98 Å². The first kappa shape index (κ1) is 36.2. The van der Waals surface area contributed by atoms with Gasteiger partial charge in [-0.1, -0.05) is 83.1 Å². The van der Waals surface area contributed by atoms with Crippen molar-refractivity contribution in [1.29, 1.82) is 5.26 Å². The summed E-state index contributed by atoms with van der Waals surface area (Å²) in [6, 6.07) is 35.2. The third kappa shape index (κ3) is 7.91. The van der Waals surface area contributed by atoms with Crippen molar-refractivity contribution in [3.63, 3.8) is 0 Å². The fourth-order valence-corrected chi connectivity index (χ4v) is 5.53. The molecule has 0 amide bonds. The molecule has 5 aromatic carbocycles. The van der Waals surface area contributed by atoms with Crippen LogP contribution in [0.3, 0.4) is 0 Å². The molecular weight excluding hydrogens is 769 g/mol. The molecule has 1 aromatic heterocycles. The largest absolute Gasteiger partial charge is 0.511 e. The summed E-state index contributed by atoms with van der Waals surface area (Å²) in [7, 11) is 0. The Balaban J connectivity index is 0.000000319. The number of hydrogen-bond donors (Lipinski definition) is 1. The monoisotopic (exact) mass is 811 g/mol. The molecule has 245 valence electrons. The van der Waals surface area contributed by atoms with Gasteiger partial charge in [-0.05, 0) is 94.2 Å². The number of rotatable bonds is 3. The van der Waals surface area contributed by atoms with E-state index in [1.165, 1.54) is 38.6 Å². The second-order valence-electron chi connectivity index (χ2n) is 14.3. The molecule has 6 rings (SSSR count). The van der Waals surface area contributed by atoms with Crippen molar-refractivity contribution >= 4 is 38.1 Å². The molecule has 0 aliphatic rings. The van der Waals surface area contributed by atoms with Crippen LogP contribution in [0.15, 0.2) is 103 Å². The van der Waals surface area contributed by atoms with E-state index in [0.29, 0.717) is 5.56 Å². The first-order chi connectivity index (χ1) is 22.2. The maximum atomic E-state index is 9.60. The van der Waals surface area contributed by atoms with Crippen molar-refractivity contribution in [2.45, 2.75) is 55.4 Å². The van der Waals surface area contributed by atoms with Crippen LogP contribution in [0.25, 0.3) is 54.7 Å². The van der Waals surface area contributed by atoms with Gasteiger partial charge in [0.25, 0.3) is 0 Å². The van der Waals surface area contributed by atoms with Crippen molar-refractivity contribution in [2.24, 2.45) is 10.8 Å². The molecule has 0 aliphatic carbocycles. The molecule has 0 atom stereocenters. The van der Waals surface area contributed by atoms with Gasteiger partial charge in [0, 0.05) is 31.7 Å². The fourth-order valence-electron chi connectivity index (χ4n) is 5.53. The van der Waals surface area contributed by atoms with Gasteiger partial charge in [-0.3, -0.25) is 4.79 Å². The third-order valence-corrected chi connectivity index (χ3v) is 8.32. The zero-order valence-corrected chi connectivity index (χ0v) is 31.3. The van der Waals surface area contributed by atoms with Gasteiger partial charge in [-0.25, -0.2) is 0 Å². The molecule has 0 saturated carbocycles. The van der Waals surface area contributed by atoms with E-state index in [4.69, 9.17) is 10.2 Å². The number of benzene rings is 5. The SMILES string of the molecule is CC(C)(C)C(=[OH+])/C=C(\O)C(C)(C)C.Cc1[c-]c(-c2nccc3c2ccc2c4ccc(-c5ccc(C#N)cc5)cc4ccc32)cc(C)c1.[Ir]. The standard InChI is InChI=1S/C32H21N2.C11H20O2.Ir/c1-20-15-21(2)17-26(16-20)32-31-12-11-28-27-9-7-24(23-5-3-22(19-33)4-6-23)18-25(27)8-10-29(28)30(31)13-14-34-32;1-10(2,3)8(12)7-9(13)11(4,5)6;/h3-16,18H,1-2H3;7,12H,1-6H3;/q-1;;/p+1/b;8-7-;. The predicted octanol–water partition coefficient (Wildman–Crippen LogP) is 11.2. The van der Waals surface area contributed by atoms with E-state index in [1.54, 1.807) is 0 Å². The van der Waals surface area contributed by atoms with Crippen molar-refractivity contribution < 1.29 is 30.0 Å². The maximum Gasteiger partial charge on any atom is 0.325 e. The van der Waals surface area contributed by atoms with E-state index in [-0.39, 0.29) is 42.5 Å². The number of nitrogens with zero attached hydrogens (tertiary/aromatic N) is 2. The number of pyridine rings is 1. The van der Waals surface area contributed by atoms with Gasteiger partial charge in [0.2, 0.25) is 0 Å². The number of fused-ring (bicyclic) bond motifs is 5. The third-order valence-electron chi connectivity index (χ3n) is 8.32. The summed E-state index contributed by atoms with van der Waals surface area (Å²) in [4.78, 5) is 14.3. The van der Waals surface area contributed by atoms with Crippen LogP contribution in [0, 0.1) is 42.1 Å². The van der Waals surface area contributed by atoms with E-state index >= 15 is 0 Å². The Kier molecular flexibility index (Phi) is 10.7. The van der Waals surface area contributed by atoms with Crippen molar-refractivity contribution in [2.75, 3.05) is 0 Å². The Bertz CT molecular complexity index is 2190. The smallest absolute Gasteiger partial charge is 0.325 e. The summed E-state index contributed by atoms with van der Waals surface area (Å²) in [5.41, 5.74) is 6.67. The zero-order chi connectivity index (χ0) is 34.1. The van der Waals surface area contributed by atoms with Gasteiger partial charge < -0.3 is 10.1 Å². The minimum Gasteiger partial charge on any atom is -0.511 e. The molecular formula is C43H42IrN2O2. The van der Waals surface area contributed by atoms with Gasteiger partial charge in [-0.2, -0.15) is 5.26 Å². The van der Waals surface area contributed by atoms with Gasteiger partial charge in [0.1, 0.15) is 5.76 Å². The molecule has 4 nitrogen and oxygen atoms in total. The number of aliphatic hydroxyl groups is 1. The van der Waals surface area contributed by atoms with E-state index in [2.05, 4.69) is 86.6 Å². The van der Waals surface area contributed by atoms with E-state index < -0.39 is 0 Å². The second kappa shape index (κ2) is 14.2. The number of nitriles is 1. The van der Waals surface area contributed by atoms with E-state index in [1.807, 2.05) is 72.0 Å². The van der Waals surface area contributed by atoms with Crippen molar-refractivity contribution in [3.8, 4) is 28.5 Å². The molecule has 0 spiro atoms. The van der Waals surface area contributed by atoms with Gasteiger partial charge in [-0.15, -0.1) is 34.9 Å². The quantitative estimate of drug-likeness (QED) is 0.0636. The Morgan fingerprint density at radius 2 is 1.33 bits per heavy atom. The fraction of sp³-hybridized carbons (Fsp3) is 0.233. The van der Waals surface area contributed by atoms with Crippen LogP contribution in [0.2, 0.25) is 0 Å². The average Bonchev–Trinajstić information content (AvgIpc) is 3.02. The van der Waals surface area contributed by atoms with E-state index in [9.17, 15) is 9.90 Å². The zero-order valence-electron chi connectivity index (χ0n) is 28.9. The van der Waals surface area contributed by atoms with Crippen LogP contribution in [0.1, 0.15) is 58.2 Å². The summed E-state index contributed by atoms with van der Waals surface area (Å²) in [6.45, 7) is 15.6. The molecule has 1 radical (unpaired) electrons. The topological polar surface area (TPSA) is 78.3 Å². The summed E-state index contributed by atoms with van der Waals surface area (Å²) in [5, 5.41) is 25.9. The molecule has 48 heavy (non-hydrogen) atoms. The number of ketones is 1. The number of aliphatic hydroxyl groups excluding tert-OH is 1. The minimum absolute atomic E-state index is 0. The number of allylic oxidation sites excluding steroid dienone is 2. The molecule has 1 heterocycles. The van der Waals surface area contributed by atoms with Crippen LogP contribution in [0.4, 0.5) is 0 Å². The van der Waals surface area contributed by atoms with Gasteiger partial charge in [0.05, 0.1) is 23.1 Å². The molecule has 0 fully saturated rings. The summed E-state index contributed by atoms with van der Waals surface area (Å²) < 4.78 is 0. The van der Waals surface area contributed by atoms with Gasteiger partial charge in [0.15, 0.2) is 0 Å². The first-order valence-corrected chi connectivity index (χ1v) is 15.9.